The average Bonchev–Trinajstić information content (AvgIpc) is 2.95. The van der Waals surface area contributed by atoms with Crippen molar-refractivity contribution in [2.45, 2.75) is 57.2 Å². The summed E-state index contributed by atoms with van der Waals surface area (Å²) < 4.78 is 5.19. The molecule has 2 aliphatic rings. The zero-order valence-electron chi connectivity index (χ0n) is 11.3. The van der Waals surface area contributed by atoms with E-state index in [1.807, 2.05) is 12.3 Å². The highest BCUT2D eigenvalue weighted by atomic mass is 16.4. The molecular weight excluding hydrogens is 242 g/mol. The summed E-state index contributed by atoms with van der Waals surface area (Å²) in [5.41, 5.74) is 1.23. The molecule has 0 aromatic carbocycles. The van der Waals surface area contributed by atoms with E-state index in [0.29, 0.717) is 30.5 Å². The molecule has 1 aromatic heterocycles. The van der Waals surface area contributed by atoms with E-state index in [0.717, 1.165) is 12.8 Å². The van der Waals surface area contributed by atoms with Crippen LogP contribution < -0.4 is 0 Å². The number of aliphatic carboxylic acids is 1. The summed E-state index contributed by atoms with van der Waals surface area (Å²) in [4.78, 5) is 13.5. The number of fused-ring (bicyclic) bond motifs is 2. The maximum Gasteiger partial charge on any atom is 0.303 e. The molecule has 2 aliphatic heterocycles. The van der Waals surface area contributed by atoms with Crippen molar-refractivity contribution in [1.29, 1.82) is 0 Å². The molecule has 4 heteroatoms. The number of hydrogen-bond acceptors (Lipinski definition) is 3. The van der Waals surface area contributed by atoms with Crippen molar-refractivity contribution in [1.82, 2.24) is 4.90 Å². The molecule has 0 saturated carbocycles. The molecule has 3 heterocycles. The highest BCUT2D eigenvalue weighted by molar-refractivity contribution is 5.67. The monoisotopic (exact) mass is 263 g/mol. The van der Waals surface area contributed by atoms with Crippen LogP contribution in [0.25, 0.3) is 0 Å². The van der Waals surface area contributed by atoms with Gasteiger partial charge in [0, 0.05) is 30.1 Å². The van der Waals surface area contributed by atoms with Gasteiger partial charge in [-0.15, -0.1) is 0 Å². The molecule has 2 fully saturated rings. The van der Waals surface area contributed by atoms with Gasteiger partial charge < -0.3 is 9.52 Å². The van der Waals surface area contributed by atoms with Gasteiger partial charge in [0.05, 0.1) is 12.5 Å². The molecule has 0 amide bonds. The summed E-state index contributed by atoms with van der Waals surface area (Å²) in [6, 6.07) is 3.51. The number of hydrogen-bond donors (Lipinski definition) is 1. The van der Waals surface area contributed by atoms with Crippen LogP contribution >= 0.6 is 0 Å². The number of carboxylic acids is 1. The van der Waals surface area contributed by atoms with Gasteiger partial charge in [0.2, 0.25) is 0 Å². The lowest BCUT2D eigenvalue weighted by Gasteiger charge is -2.42. The Morgan fingerprint density at radius 1 is 1.47 bits per heavy atom. The average molecular weight is 263 g/mol. The fraction of sp³-hybridized carbons (Fsp3) is 0.667. The quantitative estimate of drug-likeness (QED) is 0.907. The minimum Gasteiger partial charge on any atom is -0.481 e. The standard InChI is InChI=1S/C15H21NO3/c1-10(12-4-5-19-9-12)16-13-2-3-14(16)7-11(6-13)8-15(17)18/h4-5,9-11,13-14H,2-3,6-8H2,1H3,(H,17,18). The van der Waals surface area contributed by atoms with Crippen LogP contribution in [0, 0.1) is 5.92 Å². The topological polar surface area (TPSA) is 53.7 Å². The number of furan rings is 1. The lowest BCUT2D eigenvalue weighted by molar-refractivity contribution is -0.138. The Morgan fingerprint density at radius 2 is 2.16 bits per heavy atom. The van der Waals surface area contributed by atoms with Gasteiger partial charge in [-0.05, 0) is 44.6 Å². The molecule has 1 aromatic rings. The molecule has 3 atom stereocenters. The summed E-state index contributed by atoms with van der Waals surface area (Å²) in [6.07, 6.45) is 8.38. The Bertz CT molecular complexity index is 428. The van der Waals surface area contributed by atoms with E-state index >= 15 is 0 Å². The molecular formula is C15H21NO3. The van der Waals surface area contributed by atoms with Crippen molar-refractivity contribution in [3.8, 4) is 0 Å². The number of piperidine rings is 1. The van der Waals surface area contributed by atoms with E-state index in [9.17, 15) is 4.79 Å². The SMILES string of the molecule is CC(c1ccoc1)N1C2CCC1CC(CC(=O)O)C2. The third kappa shape index (κ3) is 2.41. The summed E-state index contributed by atoms with van der Waals surface area (Å²) in [7, 11) is 0. The van der Waals surface area contributed by atoms with E-state index in [4.69, 9.17) is 9.52 Å². The molecule has 2 bridgehead atoms. The Balaban J connectivity index is 1.71. The molecule has 3 unspecified atom stereocenters. The zero-order valence-corrected chi connectivity index (χ0v) is 11.3. The summed E-state index contributed by atoms with van der Waals surface area (Å²) in [5, 5.41) is 8.96. The lowest BCUT2D eigenvalue weighted by Crippen LogP contribution is -2.44. The molecule has 4 nitrogen and oxygen atoms in total. The molecule has 3 rings (SSSR count). The first kappa shape index (κ1) is 12.7. The van der Waals surface area contributed by atoms with E-state index < -0.39 is 5.97 Å². The minimum absolute atomic E-state index is 0.334. The van der Waals surface area contributed by atoms with Crippen LogP contribution in [0.2, 0.25) is 0 Å². The van der Waals surface area contributed by atoms with Crippen LogP contribution in [0.4, 0.5) is 0 Å². The summed E-state index contributed by atoms with van der Waals surface area (Å²) >= 11 is 0. The van der Waals surface area contributed by atoms with E-state index in [1.165, 1.54) is 18.4 Å². The lowest BCUT2D eigenvalue weighted by atomic mass is 9.87. The van der Waals surface area contributed by atoms with Gasteiger partial charge in [0.15, 0.2) is 0 Å². The number of carboxylic acid groups (broad SMARTS) is 1. The Hall–Kier alpha value is -1.29. The largest absolute Gasteiger partial charge is 0.481 e. The molecule has 19 heavy (non-hydrogen) atoms. The van der Waals surface area contributed by atoms with Gasteiger partial charge >= 0.3 is 5.97 Å². The highest BCUT2D eigenvalue weighted by Gasteiger charge is 2.43. The number of carbonyl (C=O) groups is 1. The fourth-order valence-electron chi connectivity index (χ4n) is 4.06. The van der Waals surface area contributed by atoms with E-state index in [2.05, 4.69) is 11.8 Å². The van der Waals surface area contributed by atoms with Crippen molar-refractivity contribution >= 4 is 5.97 Å². The Morgan fingerprint density at radius 3 is 2.68 bits per heavy atom. The number of rotatable bonds is 4. The third-order valence-corrected chi connectivity index (χ3v) is 4.82. The second-order valence-electron chi connectivity index (χ2n) is 6.00. The van der Waals surface area contributed by atoms with Crippen molar-refractivity contribution in [3.63, 3.8) is 0 Å². The third-order valence-electron chi connectivity index (χ3n) is 4.82. The predicted molar refractivity (Wildman–Crippen MR) is 70.7 cm³/mol. The van der Waals surface area contributed by atoms with Crippen molar-refractivity contribution in [2.24, 2.45) is 5.92 Å². The smallest absolute Gasteiger partial charge is 0.303 e. The van der Waals surface area contributed by atoms with Gasteiger partial charge in [-0.2, -0.15) is 0 Å². The second kappa shape index (κ2) is 5.00. The second-order valence-corrected chi connectivity index (χ2v) is 6.00. The van der Waals surface area contributed by atoms with Crippen molar-refractivity contribution < 1.29 is 14.3 Å². The molecule has 0 radical (unpaired) electrons. The van der Waals surface area contributed by atoms with E-state index in [1.54, 1.807) is 6.26 Å². The van der Waals surface area contributed by atoms with Crippen molar-refractivity contribution in [2.75, 3.05) is 0 Å². The molecule has 104 valence electrons. The van der Waals surface area contributed by atoms with Gasteiger partial charge in [0.1, 0.15) is 0 Å². The highest BCUT2D eigenvalue weighted by Crippen LogP contribution is 2.44. The first-order chi connectivity index (χ1) is 9.15. The Kier molecular flexibility index (Phi) is 3.35. The molecule has 0 spiro atoms. The van der Waals surface area contributed by atoms with Gasteiger partial charge in [-0.3, -0.25) is 9.69 Å². The van der Waals surface area contributed by atoms with Gasteiger partial charge in [-0.1, -0.05) is 0 Å². The van der Waals surface area contributed by atoms with E-state index in [-0.39, 0.29) is 0 Å². The molecule has 0 aliphatic carbocycles. The predicted octanol–water partition coefficient (Wildman–Crippen LogP) is 3.06. The van der Waals surface area contributed by atoms with Gasteiger partial charge in [-0.25, -0.2) is 0 Å². The van der Waals surface area contributed by atoms with Crippen LogP contribution in [0.3, 0.4) is 0 Å². The van der Waals surface area contributed by atoms with Crippen LogP contribution in [-0.4, -0.2) is 28.1 Å². The normalized spacial score (nSPS) is 32.4. The first-order valence-electron chi connectivity index (χ1n) is 7.16. The van der Waals surface area contributed by atoms with Crippen LogP contribution in [0.5, 0.6) is 0 Å². The van der Waals surface area contributed by atoms with Crippen LogP contribution in [0.15, 0.2) is 23.0 Å². The summed E-state index contributed by atoms with van der Waals surface area (Å²) in [6.45, 7) is 2.23. The molecule has 1 N–H and O–H groups in total. The van der Waals surface area contributed by atoms with Gasteiger partial charge in [0.25, 0.3) is 0 Å². The first-order valence-corrected chi connectivity index (χ1v) is 7.16. The minimum atomic E-state index is -0.652. The van der Waals surface area contributed by atoms with Crippen LogP contribution in [0.1, 0.15) is 50.6 Å². The van der Waals surface area contributed by atoms with Crippen molar-refractivity contribution in [3.05, 3.63) is 24.2 Å². The summed E-state index contributed by atoms with van der Waals surface area (Å²) in [5.74, 6) is -0.288. The maximum absolute atomic E-state index is 10.9. The zero-order chi connectivity index (χ0) is 13.4. The number of nitrogens with zero attached hydrogens (tertiary/aromatic N) is 1. The Labute approximate surface area is 113 Å². The van der Waals surface area contributed by atoms with Crippen LogP contribution in [-0.2, 0) is 4.79 Å². The molecule has 2 saturated heterocycles. The fourth-order valence-corrected chi connectivity index (χ4v) is 4.06. The maximum atomic E-state index is 10.9.